The number of amides is 1. The van der Waals surface area contributed by atoms with Crippen LogP contribution in [0.15, 0.2) is 32.7 Å². The summed E-state index contributed by atoms with van der Waals surface area (Å²) in [6.45, 7) is 4.57. The van der Waals surface area contributed by atoms with Gasteiger partial charge in [-0.15, -0.1) is 11.6 Å². The van der Waals surface area contributed by atoms with Gasteiger partial charge < -0.3 is 9.64 Å². The van der Waals surface area contributed by atoms with Crippen LogP contribution in [0.1, 0.15) is 25.8 Å². The monoisotopic (exact) mass is 464 g/mol. The van der Waals surface area contributed by atoms with Crippen molar-refractivity contribution < 1.29 is 9.53 Å². The van der Waals surface area contributed by atoms with Crippen molar-refractivity contribution in [2.24, 2.45) is 5.92 Å². The molecule has 2 aromatic rings. The molecule has 8 nitrogen and oxygen atoms in total. The number of nitrogens with zero attached hydrogens (tertiary/aromatic N) is 3. The number of nitrogens with one attached hydrogen (secondary N) is 1. The summed E-state index contributed by atoms with van der Waals surface area (Å²) >= 11 is 7.16. The topological polar surface area (TPSA) is 85.6 Å². The van der Waals surface area contributed by atoms with Crippen LogP contribution < -0.4 is 16.0 Å². The lowest BCUT2D eigenvalue weighted by Crippen LogP contribution is -2.57. The summed E-state index contributed by atoms with van der Waals surface area (Å²) in [5, 5.41) is 0.523. The Morgan fingerprint density at radius 3 is 2.65 bits per heavy atom. The third-order valence-corrected chi connectivity index (χ3v) is 7.72. The molecule has 31 heavy (non-hydrogen) atoms. The van der Waals surface area contributed by atoms with E-state index in [1.165, 1.54) is 16.5 Å². The summed E-state index contributed by atoms with van der Waals surface area (Å²) in [5.41, 5.74) is 0.182. The SMILES string of the molecule is CC1(NSc2ccc3c(c2)c(=O)n(C2CN(C(=O)CCl)C2)c(=O)n3CC2COC2)CC1. The number of carbonyl (C=O) groups excluding carboxylic acids is 1. The van der Waals surface area contributed by atoms with Crippen LogP contribution in [0.2, 0.25) is 0 Å². The molecule has 0 atom stereocenters. The van der Waals surface area contributed by atoms with Crippen molar-refractivity contribution in [3.63, 3.8) is 0 Å². The van der Waals surface area contributed by atoms with Crippen molar-refractivity contribution in [1.82, 2.24) is 18.8 Å². The highest BCUT2D eigenvalue weighted by molar-refractivity contribution is 7.97. The molecule has 10 heteroatoms. The highest BCUT2D eigenvalue weighted by atomic mass is 35.5. The second-order valence-corrected chi connectivity index (χ2v) is 10.1. The second kappa shape index (κ2) is 7.95. The van der Waals surface area contributed by atoms with Gasteiger partial charge in [-0.1, -0.05) is 0 Å². The molecule has 1 aromatic carbocycles. The maximum Gasteiger partial charge on any atom is 0.331 e. The molecule has 1 amide bonds. The van der Waals surface area contributed by atoms with Crippen LogP contribution in [0.4, 0.5) is 0 Å². The number of likely N-dealkylation sites (tertiary alicyclic amines) is 1. The molecule has 0 bridgehead atoms. The Kier molecular flexibility index (Phi) is 5.40. The van der Waals surface area contributed by atoms with Gasteiger partial charge in [0.1, 0.15) is 5.88 Å². The average molecular weight is 465 g/mol. The van der Waals surface area contributed by atoms with E-state index in [0.29, 0.717) is 43.8 Å². The molecule has 3 heterocycles. The molecule has 0 unspecified atom stereocenters. The van der Waals surface area contributed by atoms with Crippen molar-refractivity contribution in [3.8, 4) is 0 Å². The number of halogens is 1. The van der Waals surface area contributed by atoms with Crippen LogP contribution in [0, 0.1) is 5.92 Å². The number of benzene rings is 1. The van der Waals surface area contributed by atoms with Crippen LogP contribution in [0.5, 0.6) is 0 Å². The number of rotatable bonds is 7. The number of ether oxygens (including phenoxy) is 1. The van der Waals surface area contributed by atoms with Crippen molar-refractivity contribution in [2.75, 3.05) is 32.2 Å². The Morgan fingerprint density at radius 1 is 1.29 bits per heavy atom. The molecule has 2 aliphatic heterocycles. The molecule has 2 saturated heterocycles. The Bertz CT molecular complexity index is 1150. The Balaban J connectivity index is 1.53. The smallest absolute Gasteiger partial charge is 0.331 e. The number of alkyl halides is 1. The number of carbonyl (C=O) groups is 1. The van der Waals surface area contributed by atoms with Gasteiger partial charge in [-0.05, 0) is 49.9 Å². The highest BCUT2D eigenvalue weighted by Gasteiger charge is 2.37. The fourth-order valence-corrected chi connectivity index (χ4v) is 5.01. The molecule has 3 aliphatic rings. The zero-order valence-corrected chi connectivity index (χ0v) is 18.9. The van der Waals surface area contributed by atoms with E-state index in [-0.39, 0.29) is 40.5 Å². The van der Waals surface area contributed by atoms with E-state index in [4.69, 9.17) is 16.3 Å². The normalized spacial score (nSPS) is 20.5. The predicted octanol–water partition coefficient (Wildman–Crippen LogP) is 1.58. The van der Waals surface area contributed by atoms with Gasteiger partial charge in [-0.2, -0.15) is 0 Å². The van der Waals surface area contributed by atoms with E-state index in [1.807, 2.05) is 18.2 Å². The van der Waals surface area contributed by atoms with E-state index in [1.54, 1.807) is 9.47 Å². The Labute approximate surface area is 188 Å². The first-order chi connectivity index (χ1) is 14.9. The van der Waals surface area contributed by atoms with Crippen molar-refractivity contribution >= 4 is 40.4 Å². The number of hydrogen-bond acceptors (Lipinski definition) is 6. The van der Waals surface area contributed by atoms with E-state index in [0.717, 1.165) is 17.7 Å². The standard InChI is InChI=1S/C21H25ClN4O4S/c1-21(4-5-21)23-31-15-2-3-17-16(6-15)19(28)26(14-9-24(10-14)18(27)7-22)20(29)25(17)8-13-11-30-12-13/h2-3,6,13-14,23H,4-5,7-12H2,1H3. The lowest BCUT2D eigenvalue weighted by Gasteiger charge is -2.39. The van der Waals surface area contributed by atoms with Crippen molar-refractivity contribution in [1.29, 1.82) is 0 Å². The third-order valence-electron chi connectivity index (χ3n) is 6.40. The first-order valence-corrected chi connectivity index (χ1v) is 11.9. The van der Waals surface area contributed by atoms with Crippen LogP contribution >= 0.6 is 23.5 Å². The summed E-state index contributed by atoms with van der Waals surface area (Å²) in [4.78, 5) is 41.1. The zero-order valence-electron chi connectivity index (χ0n) is 17.3. The summed E-state index contributed by atoms with van der Waals surface area (Å²) in [5.74, 6) is -0.0253. The maximum absolute atomic E-state index is 13.4. The molecule has 1 aromatic heterocycles. The van der Waals surface area contributed by atoms with Crippen LogP contribution in [0.3, 0.4) is 0 Å². The van der Waals surface area contributed by atoms with E-state index in [9.17, 15) is 14.4 Å². The van der Waals surface area contributed by atoms with Gasteiger partial charge >= 0.3 is 5.69 Å². The predicted molar refractivity (Wildman–Crippen MR) is 120 cm³/mol. The quantitative estimate of drug-likeness (QED) is 0.494. The van der Waals surface area contributed by atoms with Crippen molar-refractivity contribution in [3.05, 3.63) is 39.0 Å². The summed E-state index contributed by atoms with van der Waals surface area (Å²) in [6.07, 6.45) is 2.28. The molecule has 0 radical (unpaired) electrons. The minimum atomic E-state index is -0.333. The highest BCUT2D eigenvalue weighted by Crippen LogP contribution is 2.37. The van der Waals surface area contributed by atoms with E-state index < -0.39 is 0 Å². The van der Waals surface area contributed by atoms with Crippen LogP contribution in [-0.2, 0) is 16.1 Å². The first kappa shape index (κ1) is 21.1. The molecule has 3 fully saturated rings. The fourth-order valence-electron chi connectivity index (χ4n) is 3.96. The number of aromatic nitrogens is 2. The zero-order chi connectivity index (χ0) is 21.8. The second-order valence-electron chi connectivity index (χ2n) is 9.00. The molecular formula is C21H25ClN4O4S. The fraction of sp³-hybridized carbons (Fsp3) is 0.571. The van der Waals surface area contributed by atoms with E-state index in [2.05, 4.69) is 11.6 Å². The van der Waals surface area contributed by atoms with Crippen LogP contribution in [0.25, 0.3) is 10.9 Å². The minimum Gasteiger partial charge on any atom is -0.381 e. The lowest BCUT2D eigenvalue weighted by molar-refractivity contribution is -0.134. The molecule has 1 saturated carbocycles. The largest absolute Gasteiger partial charge is 0.381 e. The molecule has 1 N–H and O–H groups in total. The maximum atomic E-state index is 13.4. The third kappa shape index (κ3) is 3.92. The number of hydrogen-bond donors (Lipinski definition) is 1. The molecule has 166 valence electrons. The van der Waals surface area contributed by atoms with Gasteiger partial charge in [-0.3, -0.25) is 23.4 Å². The minimum absolute atomic E-state index is 0.0995. The first-order valence-electron chi connectivity index (χ1n) is 10.5. The molecule has 1 aliphatic carbocycles. The number of fused-ring (bicyclic) bond motifs is 1. The molecule has 5 rings (SSSR count). The van der Waals surface area contributed by atoms with Gasteiger partial charge in [0.25, 0.3) is 5.56 Å². The molecular weight excluding hydrogens is 440 g/mol. The average Bonchev–Trinajstić information content (AvgIpc) is 3.43. The van der Waals surface area contributed by atoms with Gasteiger partial charge in [0.2, 0.25) is 5.91 Å². The van der Waals surface area contributed by atoms with Gasteiger partial charge in [0.15, 0.2) is 0 Å². The van der Waals surface area contributed by atoms with Crippen molar-refractivity contribution in [2.45, 2.75) is 42.8 Å². The summed E-state index contributed by atoms with van der Waals surface area (Å²) in [7, 11) is 0. The van der Waals surface area contributed by atoms with Gasteiger partial charge in [0, 0.05) is 36.0 Å². The Hall–Kier alpha value is -1.81. The van der Waals surface area contributed by atoms with Gasteiger partial charge in [0.05, 0.1) is 30.2 Å². The Morgan fingerprint density at radius 2 is 2.03 bits per heavy atom. The molecule has 0 spiro atoms. The van der Waals surface area contributed by atoms with Gasteiger partial charge in [-0.25, -0.2) is 4.79 Å². The van der Waals surface area contributed by atoms with E-state index >= 15 is 0 Å². The summed E-state index contributed by atoms with van der Waals surface area (Å²) < 4.78 is 11.8. The lowest BCUT2D eigenvalue weighted by atomic mass is 10.1. The summed E-state index contributed by atoms with van der Waals surface area (Å²) in [6, 6.07) is 5.35. The van der Waals surface area contributed by atoms with Crippen LogP contribution in [-0.4, -0.2) is 57.7 Å².